The van der Waals surface area contributed by atoms with Crippen LogP contribution >= 0.6 is 0 Å². The minimum absolute atomic E-state index is 0. The first-order chi connectivity index (χ1) is 21.0. The smallest absolute Gasteiger partial charge is 0.258 e. The zero-order valence-corrected chi connectivity index (χ0v) is 29.5. The Labute approximate surface area is 283 Å². The number of unbranched alkanes of at least 4 members (excludes halogenated alkanes) is 11. The predicted octanol–water partition coefficient (Wildman–Crippen LogP) is 5.45. The minimum atomic E-state index is -0.0862. The molecular formula is C37H53IN2O4. The molecule has 0 unspecified atom stereocenters. The number of hydrogen-bond acceptors (Lipinski definition) is 4. The van der Waals surface area contributed by atoms with Gasteiger partial charge in [0.15, 0.2) is 23.9 Å². The number of aryl methyl sites for hydroxylation is 1. The van der Waals surface area contributed by atoms with Crippen LogP contribution in [0.15, 0.2) is 67.0 Å². The van der Waals surface area contributed by atoms with E-state index in [2.05, 4.69) is 6.92 Å². The van der Waals surface area contributed by atoms with Crippen LogP contribution in [-0.4, -0.2) is 31.6 Å². The highest BCUT2D eigenvalue weighted by Gasteiger charge is 2.21. The number of amides is 1. The van der Waals surface area contributed by atoms with Crippen molar-refractivity contribution in [1.82, 2.24) is 4.90 Å². The van der Waals surface area contributed by atoms with Crippen LogP contribution < -0.4 is 42.8 Å². The van der Waals surface area contributed by atoms with Gasteiger partial charge in [-0.3, -0.25) is 4.79 Å². The van der Waals surface area contributed by atoms with Crippen LogP contribution in [0.25, 0.3) is 0 Å². The molecule has 2 aromatic carbocycles. The highest BCUT2D eigenvalue weighted by atomic mass is 127. The van der Waals surface area contributed by atoms with E-state index in [0.717, 1.165) is 23.3 Å². The van der Waals surface area contributed by atoms with Crippen molar-refractivity contribution < 1.29 is 47.5 Å². The van der Waals surface area contributed by atoms with Crippen LogP contribution in [0.2, 0.25) is 0 Å². The van der Waals surface area contributed by atoms with Crippen LogP contribution in [0.1, 0.15) is 105 Å². The van der Waals surface area contributed by atoms with E-state index >= 15 is 0 Å². The third kappa shape index (κ3) is 13.0. The Morgan fingerprint density at radius 1 is 0.682 bits per heavy atom. The number of carbonyl (C=O) groups excluding carboxylic acids is 1. The Balaban J connectivity index is 0.00000675. The molecule has 0 radical (unpaired) electrons. The number of hydrogen-bond donors (Lipinski definition) is 0. The number of nitrogens with zero attached hydrogens (tertiary/aromatic N) is 2. The summed E-state index contributed by atoms with van der Waals surface area (Å²) in [5.74, 6) is 1.91. The van der Waals surface area contributed by atoms with Gasteiger partial charge >= 0.3 is 0 Å². The van der Waals surface area contributed by atoms with Crippen LogP contribution in [0.3, 0.4) is 0 Å². The average molecular weight is 717 g/mol. The molecule has 0 saturated heterocycles. The lowest BCUT2D eigenvalue weighted by Crippen LogP contribution is -3.00. The molecule has 3 aromatic rings. The van der Waals surface area contributed by atoms with E-state index in [4.69, 9.17) is 14.2 Å². The maximum absolute atomic E-state index is 13.8. The Kier molecular flexibility index (Phi) is 18.5. The fraction of sp³-hybridized carbons (Fsp3) is 0.514. The van der Waals surface area contributed by atoms with Gasteiger partial charge in [0.25, 0.3) is 5.91 Å². The second-order valence-electron chi connectivity index (χ2n) is 11.5. The Morgan fingerprint density at radius 3 is 1.86 bits per heavy atom. The van der Waals surface area contributed by atoms with Crippen molar-refractivity contribution in [3.05, 3.63) is 83.7 Å². The molecule has 0 atom stereocenters. The maximum atomic E-state index is 13.8. The summed E-state index contributed by atoms with van der Waals surface area (Å²) < 4.78 is 19.3. The number of para-hydroxylation sites is 1. The van der Waals surface area contributed by atoms with Gasteiger partial charge in [0.2, 0.25) is 0 Å². The van der Waals surface area contributed by atoms with Gasteiger partial charge in [-0.1, -0.05) is 95.8 Å². The van der Waals surface area contributed by atoms with Crippen LogP contribution in [0, 0.1) is 0 Å². The van der Waals surface area contributed by atoms with Crippen molar-refractivity contribution in [2.24, 2.45) is 7.05 Å². The lowest BCUT2D eigenvalue weighted by atomic mass is 10.1. The second kappa shape index (κ2) is 21.8. The molecule has 0 aliphatic rings. The number of aromatic nitrogens is 1. The summed E-state index contributed by atoms with van der Waals surface area (Å²) in [6.45, 7) is 3.84. The molecule has 0 saturated carbocycles. The largest absolute Gasteiger partial charge is 1.00 e. The summed E-state index contributed by atoms with van der Waals surface area (Å²) in [6.07, 6.45) is 19.8. The SMILES string of the molecule is CCCCCCCCCCCCCCOc1ccc(CN(Cc2cc[n+](C)cc2)C(=O)c2ccccc2OC)cc1OC.[I-]. The van der Waals surface area contributed by atoms with Crippen molar-refractivity contribution in [2.75, 3.05) is 20.8 Å². The van der Waals surface area contributed by atoms with E-state index in [1.54, 1.807) is 14.2 Å². The molecule has 1 heterocycles. The first kappa shape index (κ1) is 37.4. The highest BCUT2D eigenvalue weighted by molar-refractivity contribution is 5.96. The van der Waals surface area contributed by atoms with E-state index in [1.807, 2.05) is 83.5 Å². The Hall–Kier alpha value is -2.81. The molecule has 0 fully saturated rings. The molecule has 0 aliphatic carbocycles. The lowest BCUT2D eigenvalue weighted by molar-refractivity contribution is -0.671. The van der Waals surface area contributed by atoms with Crippen molar-refractivity contribution in [2.45, 2.75) is 97.1 Å². The number of rotatable bonds is 21. The Morgan fingerprint density at radius 2 is 1.25 bits per heavy atom. The summed E-state index contributed by atoms with van der Waals surface area (Å²) in [4.78, 5) is 15.6. The van der Waals surface area contributed by atoms with E-state index in [9.17, 15) is 4.79 Å². The molecule has 1 amide bonds. The van der Waals surface area contributed by atoms with Gasteiger partial charge in [-0.05, 0) is 41.8 Å². The van der Waals surface area contributed by atoms with E-state index in [1.165, 1.54) is 70.6 Å². The molecule has 7 heteroatoms. The normalized spacial score (nSPS) is 10.6. The van der Waals surface area contributed by atoms with Crippen molar-refractivity contribution in [1.29, 1.82) is 0 Å². The molecule has 44 heavy (non-hydrogen) atoms. The van der Waals surface area contributed by atoms with Crippen molar-refractivity contribution in [3.8, 4) is 17.2 Å². The van der Waals surface area contributed by atoms with E-state index in [0.29, 0.717) is 36.8 Å². The monoisotopic (exact) mass is 716 g/mol. The van der Waals surface area contributed by atoms with Crippen LogP contribution in [-0.2, 0) is 20.1 Å². The second-order valence-corrected chi connectivity index (χ2v) is 11.5. The summed E-state index contributed by atoms with van der Waals surface area (Å²) in [5, 5.41) is 0. The molecule has 242 valence electrons. The predicted molar refractivity (Wildman–Crippen MR) is 174 cm³/mol. The third-order valence-electron chi connectivity index (χ3n) is 7.90. The summed E-state index contributed by atoms with van der Waals surface area (Å²) in [5.41, 5.74) is 2.57. The fourth-order valence-electron chi connectivity index (χ4n) is 5.32. The minimum Gasteiger partial charge on any atom is -1.00 e. The first-order valence-electron chi connectivity index (χ1n) is 16.2. The molecule has 0 bridgehead atoms. The van der Waals surface area contributed by atoms with Gasteiger partial charge in [-0.15, -0.1) is 0 Å². The number of methoxy groups -OCH3 is 2. The number of halogens is 1. The van der Waals surface area contributed by atoms with Crippen molar-refractivity contribution in [3.63, 3.8) is 0 Å². The number of carbonyl (C=O) groups is 1. The van der Waals surface area contributed by atoms with Gasteiger partial charge < -0.3 is 43.1 Å². The fourth-order valence-corrected chi connectivity index (χ4v) is 5.32. The molecule has 0 spiro atoms. The maximum Gasteiger partial charge on any atom is 0.258 e. The zero-order chi connectivity index (χ0) is 30.7. The molecule has 0 aliphatic heterocycles. The number of pyridine rings is 1. The van der Waals surface area contributed by atoms with Gasteiger partial charge in [0, 0.05) is 25.2 Å². The van der Waals surface area contributed by atoms with E-state index in [-0.39, 0.29) is 29.9 Å². The van der Waals surface area contributed by atoms with E-state index < -0.39 is 0 Å². The summed E-state index contributed by atoms with van der Waals surface area (Å²) >= 11 is 0. The zero-order valence-electron chi connectivity index (χ0n) is 27.4. The van der Waals surface area contributed by atoms with Gasteiger partial charge in [-0.2, -0.15) is 0 Å². The summed E-state index contributed by atoms with van der Waals surface area (Å²) in [6, 6.07) is 17.4. The van der Waals surface area contributed by atoms with Gasteiger partial charge in [-0.25, -0.2) is 4.57 Å². The van der Waals surface area contributed by atoms with Crippen LogP contribution in [0.5, 0.6) is 17.2 Å². The Bertz CT molecular complexity index is 1220. The average Bonchev–Trinajstić information content (AvgIpc) is 3.04. The number of benzene rings is 2. The quantitative estimate of drug-likeness (QED) is 0.0837. The summed E-state index contributed by atoms with van der Waals surface area (Å²) in [7, 11) is 5.24. The molecule has 1 aromatic heterocycles. The molecule has 6 nitrogen and oxygen atoms in total. The van der Waals surface area contributed by atoms with Crippen molar-refractivity contribution >= 4 is 5.91 Å². The number of ether oxygens (including phenoxy) is 3. The standard InChI is InChI=1S/C37H53N2O4.HI/c1-5-6-7-8-9-10-11-12-13-14-15-18-27-43-35-22-21-32(28-36(35)42-4)30-39(29-31-23-25-38(2)26-24-31)37(40)33-19-16-17-20-34(33)41-3;/h16-17,19-26,28H,5-15,18,27,29-30H2,1-4H3;1H/q+1;/p-1. The molecule has 0 N–H and O–H groups in total. The lowest BCUT2D eigenvalue weighted by Gasteiger charge is -2.24. The molecular weight excluding hydrogens is 663 g/mol. The topological polar surface area (TPSA) is 51.9 Å². The van der Waals surface area contributed by atoms with Gasteiger partial charge in [0.05, 0.1) is 26.4 Å². The van der Waals surface area contributed by atoms with Gasteiger partial charge in [0.1, 0.15) is 12.8 Å². The first-order valence-corrected chi connectivity index (χ1v) is 16.2. The third-order valence-corrected chi connectivity index (χ3v) is 7.90. The highest BCUT2D eigenvalue weighted by Crippen LogP contribution is 2.30. The molecule has 3 rings (SSSR count). The van der Waals surface area contributed by atoms with Crippen LogP contribution in [0.4, 0.5) is 0 Å².